The van der Waals surface area contributed by atoms with E-state index in [1.165, 1.54) is 16.9 Å². The Morgan fingerprint density at radius 1 is 1.20 bits per heavy atom. The van der Waals surface area contributed by atoms with Crippen LogP contribution in [0.3, 0.4) is 0 Å². The minimum atomic E-state index is -4.57. The van der Waals surface area contributed by atoms with Gasteiger partial charge in [-0.25, -0.2) is 0 Å². The third-order valence-electron chi connectivity index (χ3n) is 1.16. The number of rotatable bonds is 6. The zero-order chi connectivity index (χ0) is 11.9. The first kappa shape index (κ1) is 14.4. The summed E-state index contributed by atoms with van der Waals surface area (Å²) in [6.07, 6.45) is -1.69. The maximum atomic E-state index is 11.6. The molecule has 0 fully saturated rings. The van der Waals surface area contributed by atoms with Crippen molar-refractivity contribution in [2.75, 3.05) is 19.6 Å². The van der Waals surface area contributed by atoms with Crippen LogP contribution in [0.25, 0.3) is 0 Å². The smallest absolute Gasteiger partial charge is 0.327 e. The highest BCUT2D eigenvalue weighted by Crippen LogP contribution is 2.12. The molecule has 0 saturated carbocycles. The standard InChI is InChI=1S/C6H12F3N3O2S/c7-6(8,9)5-12-15(13,14)11-4-2-1-3-10/h1-2,11-12H,3-5,10H2/b2-1+. The molecular weight excluding hydrogens is 235 g/mol. The summed E-state index contributed by atoms with van der Waals surface area (Å²) in [6.45, 7) is -1.47. The zero-order valence-corrected chi connectivity index (χ0v) is 8.53. The average molecular weight is 247 g/mol. The van der Waals surface area contributed by atoms with Crippen LogP contribution in [0.4, 0.5) is 13.2 Å². The number of alkyl halides is 3. The molecule has 0 aliphatic carbocycles. The molecule has 90 valence electrons. The number of halogens is 3. The molecule has 0 aromatic carbocycles. The van der Waals surface area contributed by atoms with Crippen LogP contribution in [-0.2, 0) is 10.2 Å². The van der Waals surface area contributed by atoms with Crippen molar-refractivity contribution in [3.05, 3.63) is 12.2 Å². The topological polar surface area (TPSA) is 84.2 Å². The van der Waals surface area contributed by atoms with Gasteiger partial charge in [-0.3, -0.25) is 0 Å². The highest BCUT2D eigenvalue weighted by atomic mass is 32.2. The fourth-order valence-electron chi connectivity index (χ4n) is 0.565. The fourth-order valence-corrected chi connectivity index (χ4v) is 1.34. The van der Waals surface area contributed by atoms with Crippen molar-refractivity contribution in [2.24, 2.45) is 5.73 Å². The molecule has 0 unspecified atom stereocenters. The first-order valence-electron chi connectivity index (χ1n) is 3.93. The molecule has 15 heavy (non-hydrogen) atoms. The van der Waals surface area contributed by atoms with Gasteiger partial charge in [0.25, 0.3) is 10.2 Å². The molecule has 0 radical (unpaired) electrons. The summed E-state index contributed by atoms with van der Waals surface area (Å²) >= 11 is 0. The van der Waals surface area contributed by atoms with Crippen molar-refractivity contribution in [3.8, 4) is 0 Å². The van der Waals surface area contributed by atoms with E-state index in [4.69, 9.17) is 5.73 Å². The van der Waals surface area contributed by atoms with Crippen molar-refractivity contribution in [1.82, 2.24) is 9.44 Å². The summed E-state index contributed by atoms with van der Waals surface area (Å²) in [5.41, 5.74) is 5.07. The van der Waals surface area contributed by atoms with Gasteiger partial charge in [-0.15, -0.1) is 0 Å². The van der Waals surface area contributed by atoms with Gasteiger partial charge in [0.1, 0.15) is 6.54 Å². The van der Waals surface area contributed by atoms with Crippen molar-refractivity contribution < 1.29 is 21.6 Å². The highest BCUT2D eigenvalue weighted by Gasteiger charge is 2.29. The second kappa shape index (κ2) is 6.05. The van der Waals surface area contributed by atoms with Crippen molar-refractivity contribution in [1.29, 1.82) is 0 Å². The van der Waals surface area contributed by atoms with E-state index >= 15 is 0 Å². The molecule has 0 atom stereocenters. The van der Waals surface area contributed by atoms with Gasteiger partial charge in [0.2, 0.25) is 0 Å². The third kappa shape index (κ3) is 9.66. The monoisotopic (exact) mass is 247 g/mol. The molecule has 9 heteroatoms. The predicted octanol–water partition coefficient (Wildman–Crippen LogP) is -0.512. The maximum Gasteiger partial charge on any atom is 0.402 e. The van der Waals surface area contributed by atoms with E-state index in [9.17, 15) is 21.6 Å². The molecular formula is C6H12F3N3O2S. The van der Waals surface area contributed by atoms with Gasteiger partial charge in [-0.1, -0.05) is 12.2 Å². The lowest BCUT2D eigenvalue weighted by Gasteiger charge is -2.08. The van der Waals surface area contributed by atoms with Crippen molar-refractivity contribution in [3.63, 3.8) is 0 Å². The Labute approximate surface area is 85.7 Å². The Morgan fingerprint density at radius 3 is 2.27 bits per heavy atom. The number of hydrogen-bond donors (Lipinski definition) is 3. The van der Waals surface area contributed by atoms with E-state index in [0.29, 0.717) is 0 Å². The Bertz CT molecular complexity index is 299. The lowest BCUT2D eigenvalue weighted by molar-refractivity contribution is -0.121. The first-order chi connectivity index (χ1) is 6.77. The van der Waals surface area contributed by atoms with Crippen LogP contribution in [0, 0.1) is 0 Å². The Balaban J connectivity index is 3.93. The van der Waals surface area contributed by atoms with E-state index in [0.717, 1.165) is 0 Å². The summed E-state index contributed by atoms with van der Waals surface area (Å²) in [4.78, 5) is 0. The molecule has 0 aromatic heterocycles. The molecule has 0 aromatic rings. The molecule has 5 nitrogen and oxygen atoms in total. The van der Waals surface area contributed by atoms with Crippen molar-refractivity contribution >= 4 is 10.2 Å². The van der Waals surface area contributed by atoms with Gasteiger partial charge in [-0.05, 0) is 0 Å². The Kier molecular flexibility index (Phi) is 5.80. The van der Waals surface area contributed by atoms with Gasteiger partial charge >= 0.3 is 6.18 Å². The molecule has 0 amide bonds. The minimum Gasteiger partial charge on any atom is -0.327 e. The van der Waals surface area contributed by atoms with Crippen LogP contribution in [0.2, 0.25) is 0 Å². The summed E-state index contributed by atoms with van der Waals surface area (Å²) in [6, 6.07) is 0. The van der Waals surface area contributed by atoms with Gasteiger partial charge in [0, 0.05) is 13.1 Å². The summed E-state index contributed by atoms with van der Waals surface area (Å²) < 4.78 is 59.9. The minimum absolute atomic E-state index is 0.107. The van der Waals surface area contributed by atoms with Crippen LogP contribution < -0.4 is 15.2 Å². The zero-order valence-electron chi connectivity index (χ0n) is 7.71. The quantitative estimate of drug-likeness (QED) is 0.553. The number of nitrogens with two attached hydrogens (primary N) is 1. The van der Waals surface area contributed by atoms with Gasteiger partial charge < -0.3 is 5.73 Å². The average Bonchev–Trinajstić information content (AvgIpc) is 2.09. The second-order valence-corrected chi connectivity index (χ2v) is 4.08. The molecule has 0 aliphatic rings. The molecule has 0 bridgehead atoms. The SMILES string of the molecule is NC/C=C/CNS(=O)(=O)NCC(F)(F)F. The van der Waals surface area contributed by atoms with Gasteiger partial charge in [0.05, 0.1) is 0 Å². The second-order valence-electron chi connectivity index (χ2n) is 2.50. The molecule has 0 saturated heterocycles. The van der Waals surface area contributed by atoms with Crippen LogP contribution >= 0.6 is 0 Å². The number of hydrogen-bond acceptors (Lipinski definition) is 3. The van der Waals surface area contributed by atoms with Crippen LogP contribution in [0.5, 0.6) is 0 Å². The van der Waals surface area contributed by atoms with E-state index in [-0.39, 0.29) is 13.1 Å². The molecule has 4 N–H and O–H groups in total. The van der Waals surface area contributed by atoms with E-state index in [1.807, 2.05) is 4.72 Å². The summed E-state index contributed by atoms with van der Waals surface area (Å²) in [5, 5.41) is 0. The van der Waals surface area contributed by atoms with Crippen LogP contribution in [-0.4, -0.2) is 34.2 Å². The first-order valence-corrected chi connectivity index (χ1v) is 5.41. The van der Waals surface area contributed by atoms with Crippen LogP contribution in [0.1, 0.15) is 0 Å². The lowest BCUT2D eigenvalue weighted by atomic mass is 10.5. The summed E-state index contributed by atoms with van der Waals surface area (Å²) in [5.74, 6) is 0. The van der Waals surface area contributed by atoms with Crippen LogP contribution in [0.15, 0.2) is 12.2 Å². The predicted molar refractivity (Wildman–Crippen MR) is 49.2 cm³/mol. The third-order valence-corrected chi connectivity index (χ3v) is 2.23. The molecule has 0 aliphatic heterocycles. The van der Waals surface area contributed by atoms with Gasteiger partial charge in [0.15, 0.2) is 0 Å². The molecule has 0 spiro atoms. The Morgan fingerprint density at radius 2 is 1.80 bits per heavy atom. The number of nitrogens with one attached hydrogen (secondary N) is 2. The normalized spacial score (nSPS) is 13.6. The van der Waals surface area contributed by atoms with Gasteiger partial charge in [-0.2, -0.15) is 31.0 Å². The van der Waals surface area contributed by atoms with E-state index < -0.39 is 22.9 Å². The van der Waals surface area contributed by atoms with E-state index in [1.54, 1.807) is 0 Å². The molecule has 0 rings (SSSR count). The van der Waals surface area contributed by atoms with E-state index in [2.05, 4.69) is 0 Å². The molecule has 0 heterocycles. The lowest BCUT2D eigenvalue weighted by Crippen LogP contribution is -2.41. The summed E-state index contributed by atoms with van der Waals surface area (Å²) in [7, 11) is -4.11. The largest absolute Gasteiger partial charge is 0.402 e. The van der Waals surface area contributed by atoms with Crippen molar-refractivity contribution in [2.45, 2.75) is 6.18 Å². The highest BCUT2D eigenvalue weighted by molar-refractivity contribution is 7.87. The fraction of sp³-hybridized carbons (Fsp3) is 0.667. The Hall–Kier alpha value is -0.640. The maximum absolute atomic E-state index is 11.6.